The van der Waals surface area contributed by atoms with E-state index in [-0.39, 0.29) is 5.91 Å². The van der Waals surface area contributed by atoms with Gasteiger partial charge in [0.25, 0.3) is 5.91 Å². The Labute approximate surface area is 193 Å². The Morgan fingerprint density at radius 1 is 1.12 bits per heavy atom. The molecule has 3 aromatic rings. The Morgan fingerprint density at radius 2 is 1.91 bits per heavy atom. The first-order valence-electron chi connectivity index (χ1n) is 11.2. The first-order chi connectivity index (χ1) is 16.0. The van der Waals surface area contributed by atoms with Crippen molar-refractivity contribution in [1.29, 1.82) is 0 Å². The average molecular weight is 453 g/mol. The van der Waals surface area contributed by atoms with Crippen LogP contribution in [0, 0.1) is 0 Å². The van der Waals surface area contributed by atoms with Crippen molar-refractivity contribution in [2.75, 3.05) is 19.0 Å². The largest absolute Gasteiger partial charge is 0.497 e. The SMILES string of the molecule is COc1ccc(NC(=O)CCCCC(C)NCCc2c[nH]c3ccc(C(=O)NO)cc23)cc1. The molecule has 0 fully saturated rings. The molecule has 0 aliphatic rings. The fraction of sp³-hybridized carbons (Fsp3) is 0.360. The Balaban J connectivity index is 1.34. The molecule has 3 rings (SSSR count). The molecule has 2 amide bonds. The highest BCUT2D eigenvalue weighted by molar-refractivity contribution is 5.98. The van der Waals surface area contributed by atoms with Crippen molar-refractivity contribution in [3.05, 3.63) is 59.8 Å². The third-order valence-corrected chi connectivity index (χ3v) is 5.68. The van der Waals surface area contributed by atoms with Gasteiger partial charge in [0, 0.05) is 40.8 Å². The van der Waals surface area contributed by atoms with Gasteiger partial charge < -0.3 is 20.4 Å². The minimum absolute atomic E-state index is 0.0226. The molecular weight excluding hydrogens is 420 g/mol. The number of H-pyrrole nitrogens is 1. The van der Waals surface area contributed by atoms with Gasteiger partial charge in [0.15, 0.2) is 0 Å². The molecule has 0 saturated heterocycles. The Morgan fingerprint density at radius 3 is 2.64 bits per heavy atom. The van der Waals surface area contributed by atoms with Gasteiger partial charge in [0.1, 0.15) is 5.75 Å². The summed E-state index contributed by atoms with van der Waals surface area (Å²) in [7, 11) is 1.61. The molecule has 8 nitrogen and oxygen atoms in total. The number of carbonyl (C=O) groups is 2. The van der Waals surface area contributed by atoms with Gasteiger partial charge in [-0.25, -0.2) is 5.48 Å². The fourth-order valence-corrected chi connectivity index (χ4v) is 3.78. The predicted octanol–water partition coefficient (Wildman–Crippen LogP) is 4.02. The van der Waals surface area contributed by atoms with Crippen LogP contribution in [0.2, 0.25) is 0 Å². The smallest absolute Gasteiger partial charge is 0.274 e. The van der Waals surface area contributed by atoms with Crippen LogP contribution in [0.3, 0.4) is 0 Å². The van der Waals surface area contributed by atoms with Crippen LogP contribution >= 0.6 is 0 Å². The van der Waals surface area contributed by atoms with Gasteiger partial charge in [0.05, 0.1) is 7.11 Å². The summed E-state index contributed by atoms with van der Waals surface area (Å²) in [6.07, 6.45) is 6.07. The number of carbonyl (C=O) groups excluding carboxylic acids is 2. The first-order valence-corrected chi connectivity index (χ1v) is 11.2. The van der Waals surface area contributed by atoms with Crippen LogP contribution in [0.1, 0.15) is 48.5 Å². The Kier molecular flexibility index (Phi) is 8.86. The number of hydrogen-bond donors (Lipinski definition) is 5. The molecule has 1 atom stereocenters. The molecule has 0 spiro atoms. The summed E-state index contributed by atoms with van der Waals surface area (Å²) in [5.41, 5.74) is 4.94. The molecule has 5 N–H and O–H groups in total. The van der Waals surface area contributed by atoms with Crippen LogP contribution in [0.4, 0.5) is 5.69 Å². The molecule has 0 aliphatic heterocycles. The lowest BCUT2D eigenvalue weighted by Crippen LogP contribution is -2.28. The van der Waals surface area contributed by atoms with Crippen LogP contribution in [-0.2, 0) is 11.2 Å². The van der Waals surface area contributed by atoms with Crippen LogP contribution in [0.5, 0.6) is 5.75 Å². The van der Waals surface area contributed by atoms with E-state index < -0.39 is 5.91 Å². The van der Waals surface area contributed by atoms with E-state index in [0.29, 0.717) is 18.0 Å². The number of nitrogens with one attached hydrogen (secondary N) is 4. The van der Waals surface area contributed by atoms with Crippen molar-refractivity contribution in [1.82, 2.24) is 15.8 Å². The number of hydroxylamine groups is 1. The molecule has 0 radical (unpaired) electrons. The topological polar surface area (TPSA) is 115 Å². The number of anilines is 1. The summed E-state index contributed by atoms with van der Waals surface area (Å²) < 4.78 is 5.12. The zero-order chi connectivity index (χ0) is 23.6. The number of benzene rings is 2. The molecular formula is C25H32N4O4. The second kappa shape index (κ2) is 12.0. The lowest BCUT2D eigenvalue weighted by molar-refractivity contribution is -0.116. The van der Waals surface area contributed by atoms with E-state index in [0.717, 1.165) is 60.1 Å². The van der Waals surface area contributed by atoms with Crippen molar-refractivity contribution in [2.24, 2.45) is 0 Å². The maximum atomic E-state index is 12.1. The van der Waals surface area contributed by atoms with Crippen molar-refractivity contribution in [3.63, 3.8) is 0 Å². The van der Waals surface area contributed by atoms with Crippen LogP contribution in [0.25, 0.3) is 10.9 Å². The van der Waals surface area contributed by atoms with E-state index in [1.165, 1.54) is 0 Å². The monoisotopic (exact) mass is 452 g/mol. The molecule has 176 valence electrons. The van der Waals surface area contributed by atoms with E-state index in [2.05, 4.69) is 22.5 Å². The number of aromatic amines is 1. The molecule has 33 heavy (non-hydrogen) atoms. The summed E-state index contributed by atoms with van der Waals surface area (Å²) in [5.74, 6) is 0.265. The van der Waals surface area contributed by atoms with E-state index in [4.69, 9.17) is 9.94 Å². The van der Waals surface area contributed by atoms with Gasteiger partial charge in [-0.3, -0.25) is 14.8 Å². The summed E-state index contributed by atoms with van der Waals surface area (Å²) in [5, 5.41) is 16.3. The maximum absolute atomic E-state index is 12.1. The number of amides is 2. The van der Waals surface area contributed by atoms with E-state index in [1.807, 2.05) is 36.5 Å². The van der Waals surface area contributed by atoms with Gasteiger partial charge in [-0.1, -0.05) is 6.42 Å². The number of rotatable bonds is 12. The molecule has 2 aromatic carbocycles. The van der Waals surface area contributed by atoms with Crippen molar-refractivity contribution in [3.8, 4) is 5.75 Å². The second-order valence-electron chi connectivity index (χ2n) is 8.14. The predicted molar refractivity (Wildman–Crippen MR) is 129 cm³/mol. The summed E-state index contributed by atoms with van der Waals surface area (Å²) in [4.78, 5) is 27.0. The van der Waals surface area contributed by atoms with Crippen LogP contribution in [0.15, 0.2) is 48.7 Å². The summed E-state index contributed by atoms with van der Waals surface area (Å²) in [6.45, 7) is 2.96. The number of fused-ring (bicyclic) bond motifs is 1. The number of aromatic nitrogens is 1. The zero-order valence-electron chi connectivity index (χ0n) is 19.1. The lowest BCUT2D eigenvalue weighted by Gasteiger charge is -2.13. The third kappa shape index (κ3) is 7.06. The number of ether oxygens (including phenoxy) is 1. The van der Waals surface area contributed by atoms with E-state index in [9.17, 15) is 9.59 Å². The Hall–Kier alpha value is -3.36. The normalized spacial score (nSPS) is 11.8. The van der Waals surface area contributed by atoms with E-state index >= 15 is 0 Å². The third-order valence-electron chi connectivity index (χ3n) is 5.68. The highest BCUT2D eigenvalue weighted by Gasteiger charge is 2.10. The molecule has 0 aliphatic carbocycles. The van der Waals surface area contributed by atoms with Crippen LogP contribution < -0.4 is 20.9 Å². The number of methoxy groups -OCH3 is 1. The van der Waals surface area contributed by atoms with Gasteiger partial charge in [-0.05, 0) is 80.8 Å². The molecule has 8 heteroatoms. The van der Waals surface area contributed by atoms with Crippen molar-refractivity contribution >= 4 is 28.4 Å². The zero-order valence-corrected chi connectivity index (χ0v) is 19.1. The highest BCUT2D eigenvalue weighted by atomic mass is 16.5. The van der Waals surface area contributed by atoms with Crippen molar-refractivity contribution < 1.29 is 19.5 Å². The molecule has 1 aromatic heterocycles. The van der Waals surface area contributed by atoms with Gasteiger partial charge in [-0.15, -0.1) is 0 Å². The standard InChI is InChI=1S/C25H32N4O4/c1-17(5-3-4-6-24(30)28-20-8-10-21(33-2)11-9-20)26-14-13-19-16-27-23-12-7-18(15-22(19)23)25(31)29-32/h7-12,15-17,26-27,32H,3-6,13-14H2,1-2H3,(H,28,30)(H,29,31). The van der Waals surface area contributed by atoms with Crippen molar-refractivity contribution in [2.45, 2.75) is 45.1 Å². The maximum Gasteiger partial charge on any atom is 0.274 e. The van der Waals surface area contributed by atoms with Gasteiger partial charge >= 0.3 is 0 Å². The first kappa shape index (κ1) is 24.3. The minimum atomic E-state index is -0.520. The molecule has 1 unspecified atom stereocenters. The lowest BCUT2D eigenvalue weighted by atomic mass is 10.1. The molecule has 1 heterocycles. The minimum Gasteiger partial charge on any atom is -0.497 e. The number of hydrogen-bond acceptors (Lipinski definition) is 5. The summed E-state index contributed by atoms with van der Waals surface area (Å²) in [6, 6.07) is 12.9. The summed E-state index contributed by atoms with van der Waals surface area (Å²) >= 11 is 0. The van der Waals surface area contributed by atoms with Crippen LogP contribution in [-0.4, -0.2) is 41.7 Å². The fourth-order valence-electron chi connectivity index (χ4n) is 3.78. The van der Waals surface area contributed by atoms with Gasteiger partial charge in [0.2, 0.25) is 5.91 Å². The molecule has 0 bridgehead atoms. The molecule has 0 saturated carbocycles. The van der Waals surface area contributed by atoms with Gasteiger partial charge in [-0.2, -0.15) is 0 Å². The average Bonchev–Trinajstić information content (AvgIpc) is 3.24. The Bertz CT molecular complexity index is 1060. The highest BCUT2D eigenvalue weighted by Crippen LogP contribution is 2.20. The number of unbranched alkanes of at least 4 members (excludes halogenated alkanes) is 1. The quantitative estimate of drug-likeness (QED) is 0.162. The second-order valence-corrected chi connectivity index (χ2v) is 8.14. The van der Waals surface area contributed by atoms with E-state index in [1.54, 1.807) is 24.7 Å².